The van der Waals surface area contributed by atoms with Gasteiger partial charge in [-0.3, -0.25) is 4.79 Å². The minimum Gasteiger partial charge on any atom is -0.351 e. The number of hydrogen-bond acceptors (Lipinski definition) is 4. The molecule has 0 aliphatic carbocycles. The van der Waals surface area contributed by atoms with Gasteiger partial charge < -0.3 is 16.4 Å². The van der Waals surface area contributed by atoms with E-state index in [-0.39, 0.29) is 12.3 Å². The highest BCUT2D eigenvalue weighted by atomic mass is 32.1. The van der Waals surface area contributed by atoms with Crippen molar-refractivity contribution in [1.29, 1.82) is 0 Å². The van der Waals surface area contributed by atoms with Crippen LogP contribution in [0.15, 0.2) is 48.5 Å². The molecular weight excluding hydrogens is 360 g/mol. The molecule has 1 heterocycles. The highest BCUT2D eigenvalue weighted by Crippen LogP contribution is 2.29. The molecule has 0 saturated heterocycles. The number of thiazole rings is 1. The molecule has 0 bridgehead atoms. The highest BCUT2D eigenvalue weighted by molar-refractivity contribution is 7.12. The molecular formula is C20H20N4O2S. The van der Waals surface area contributed by atoms with Crippen LogP contribution >= 0.6 is 11.3 Å². The normalized spacial score (nSPS) is 10.4. The lowest BCUT2D eigenvalue weighted by Crippen LogP contribution is -2.19. The Morgan fingerprint density at radius 2 is 1.56 bits per heavy atom. The molecule has 3 rings (SSSR count). The van der Waals surface area contributed by atoms with Crippen LogP contribution in [0.2, 0.25) is 0 Å². The number of nitrogens with zero attached hydrogens (tertiary/aromatic N) is 1. The van der Waals surface area contributed by atoms with E-state index in [0.717, 1.165) is 21.1 Å². The first-order chi connectivity index (χ1) is 12.9. The van der Waals surface area contributed by atoms with Gasteiger partial charge in [-0.25, -0.2) is 9.78 Å². The van der Waals surface area contributed by atoms with Crippen LogP contribution in [-0.4, -0.2) is 16.9 Å². The Balaban J connectivity index is 1.71. The van der Waals surface area contributed by atoms with Crippen LogP contribution in [0.25, 0.3) is 11.3 Å². The number of anilines is 2. The van der Waals surface area contributed by atoms with E-state index in [4.69, 9.17) is 5.73 Å². The van der Waals surface area contributed by atoms with Crippen molar-refractivity contribution in [2.24, 2.45) is 5.73 Å². The summed E-state index contributed by atoms with van der Waals surface area (Å²) in [5.74, 6) is -0.123. The van der Waals surface area contributed by atoms with E-state index in [2.05, 4.69) is 15.6 Å². The van der Waals surface area contributed by atoms with Gasteiger partial charge >= 0.3 is 6.03 Å². The van der Waals surface area contributed by atoms with Crippen LogP contribution in [0, 0.1) is 13.8 Å². The summed E-state index contributed by atoms with van der Waals surface area (Å²) in [4.78, 5) is 28.8. The SMILES string of the molecule is Cc1ccc(-c2nc(C)sc2CC(=O)Nc2ccc(NC(N)=O)cc2)cc1. The minimum absolute atomic E-state index is 0.123. The summed E-state index contributed by atoms with van der Waals surface area (Å²) < 4.78 is 0. The maximum atomic E-state index is 12.5. The lowest BCUT2D eigenvalue weighted by molar-refractivity contribution is -0.115. The van der Waals surface area contributed by atoms with Crippen molar-refractivity contribution in [3.63, 3.8) is 0 Å². The van der Waals surface area contributed by atoms with Gasteiger partial charge in [-0.05, 0) is 38.1 Å². The Labute approximate surface area is 161 Å². The van der Waals surface area contributed by atoms with Gasteiger partial charge in [0.15, 0.2) is 0 Å². The van der Waals surface area contributed by atoms with Gasteiger partial charge in [-0.15, -0.1) is 11.3 Å². The number of benzene rings is 2. The second-order valence-electron chi connectivity index (χ2n) is 6.16. The molecule has 0 aliphatic rings. The predicted molar refractivity (Wildman–Crippen MR) is 109 cm³/mol. The molecule has 0 saturated carbocycles. The Hall–Kier alpha value is -3.19. The summed E-state index contributed by atoms with van der Waals surface area (Å²) in [5.41, 5.74) is 9.34. The van der Waals surface area contributed by atoms with Gasteiger partial charge in [0.2, 0.25) is 5.91 Å². The largest absolute Gasteiger partial charge is 0.351 e. The van der Waals surface area contributed by atoms with Crippen LogP contribution in [0.1, 0.15) is 15.4 Å². The van der Waals surface area contributed by atoms with Crippen molar-refractivity contribution < 1.29 is 9.59 Å². The molecule has 3 amide bonds. The van der Waals surface area contributed by atoms with Gasteiger partial charge in [-0.1, -0.05) is 29.8 Å². The number of nitrogens with two attached hydrogens (primary N) is 1. The molecule has 7 heteroatoms. The molecule has 2 aromatic carbocycles. The topological polar surface area (TPSA) is 97.1 Å². The second-order valence-corrected chi connectivity index (χ2v) is 7.45. The van der Waals surface area contributed by atoms with Crippen LogP contribution < -0.4 is 16.4 Å². The maximum absolute atomic E-state index is 12.5. The molecule has 0 atom stereocenters. The third-order valence-electron chi connectivity index (χ3n) is 3.89. The van der Waals surface area contributed by atoms with Gasteiger partial charge in [0.05, 0.1) is 17.1 Å². The van der Waals surface area contributed by atoms with E-state index >= 15 is 0 Å². The lowest BCUT2D eigenvalue weighted by Gasteiger charge is -2.07. The Morgan fingerprint density at radius 3 is 2.15 bits per heavy atom. The molecule has 0 aliphatic heterocycles. The Kier molecular flexibility index (Phi) is 5.52. The molecule has 0 spiro atoms. The standard InChI is InChI=1S/C20H20N4O2S/c1-12-3-5-14(6-4-12)19-17(27-13(2)22-19)11-18(25)23-15-7-9-16(10-8-15)24-20(21)26/h3-10H,11H2,1-2H3,(H,23,25)(H3,21,24,26). The molecule has 1 aromatic heterocycles. The van der Waals surface area contributed by atoms with E-state index in [1.54, 1.807) is 24.3 Å². The molecule has 27 heavy (non-hydrogen) atoms. The summed E-state index contributed by atoms with van der Waals surface area (Å²) in [6, 6.07) is 14.3. The van der Waals surface area contributed by atoms with Crippen LogP contribution in [-0.2, 0) is 11.2 Å². The van der Waals surface area contributed by atoms with E-state index < -0.39 is 6.03 Å². The highest BCUT2D eigenvalue weighted by Gasteiger charge is 2.15. The third kappa shape index (κ3) is 4.92. The zero-order valence-electron chi connectivity index (χ0n) is 15.1. The van der Waals surface area contributed by atoms with Crippen LogP contribution in [0.4, 0.5) is 16.2 Å². The van der Waals surface area contributed by atoms with Crippen molar-refractivity contribution in [1.82, 2.24) is 4.98 Å². The smallest absolute Gasteiger partial charge is 0.316 e. The summed E-state index contributed by atoms with van der Waals surface area (Å²) in [5, 5.41) is 6.27. The molecule has 0 unspecified atom stereocenters. The minimum atomic E-state index is -0.629. The quantitative estimate of drug-likeness (QED) is 0.622. The molecule has 0 radical (unpaired) electrons. The molecule has 138 valence electrons. The number of primary amides is 1. The van der Waals surface area contributed by atoms with E-state index in [1.807, 2.05) is 38.1 Å². The summed E-state index contributed by atoms with van der Waals surface area (Å²) in [7, 11) is 0. The van der Waals surface area contributed by atoms with Gasteiger partial charge in [0.25, 0.3) is 0 Å². The lowest BCUT2D eigenvalue weighted by atomic mass is 10.1. The summed E-state index contributed by atoms with van der Waals surface area (Å²) in [6.07, 6.45) is 0.246. The van der Waals surface area contributed by atoms with Crippen LogP contribution in [0.3, 0.4) is 0 Å². The number of rotatable bonds is 5. The van der Waals surface area contributed by atoms with Gasteiger partial charge in [0.1, 0.15) is 0 Å². The average Bonchev–Trinajstić information content (AvgIpc) is 2.97. The number of carbonyl (C=O) groups is 2. The van der Waals surface area contributed by atoms with Gasteiger partial charge in [0, 0.05) is 21.8 Å². The fourth-order valence-corrected chi connectivity index (χ4v) is 3.61. The first-order valence-corrected chi connectivity index (χ1v) is 9.22. The number of urea groups is 1. The fourth-order valence-electron chi connectivity index (χ4n) is 2.66. The first-order valence-electron chi connectivity index (χ1n) is 8.40. The van der Waals surface area contributed by atoms with Crippen molar-refractivity contribution in [2.45, 2.75) is 20.3 Å². The Morgan fingerprint density at radius 1 is 0.963 bits per heavy atom. The Bertz CT molecular complexity index is 963. The monoisotopic (exact) mass is 380 g/mol. The van der Waals surface area contributed by atoms with Crippen LogP contribution in [0.5, 0.6) is 0 Å². The molecule has 0 fully saturated rings. The number of nitrogens with one attached hydrogen (secondary N) is 2. The molecule has 4 N–H and O–H groups in total. The zero-order chi connectivity index (χ0) is 19.4. The number of aryl methyl sites for hydroxylation is 2. The zero-order valence-corrected chi connectivity index (χ0v) is 15.9. The van der Waals surface area contributed by atoms with Gasteiger partial charge in [-0.2, -0.15) is 0 Å². The van der Waals surface area contributed by atoms with Crippen molar-refractivity contribution >= 4 is 34.6 Å². The van der Waals surface area contributed by atoms with E-state index in [1.165, 1.54) is 16.9 Å². The molecule has 3 aromatic rings. The molecule has 6 nitrogen and oxygen atoms in total. The summed E-state index contributed by atoms with van der Waals surface area (Å²) >= 11 is 1.53. The average molecular weight is 380 g/mol. The van der Waals surface area contributed by atoms with Crippen molar-refractivity contribution in [3.05, 3.63) is 64.0 Å². The number of hydrogen-bond donors (Lipinski definition) is 3. The number of aromatic nitrogens is 1. The van der Waals surface area contributed by atoms with Crippen molar-refractivity contribution in [3.8, 4) is 11.3 Å². The summed E-state index contributed by atoms with van der Waals surface area (Å²) in [6.45, 7) is 3.98. The third-order valence-corrected chi connectivity index (χ3v) is 4.86. The van der Waals surface area contributed by atoms with Crippen molar-refractivity contribution in [2.75, 3.05) is 10.6 Å². The van der Waals surface area contributed by atoms with E-state index in [0.29, 0.717) is 11.4 Å². The first kappa shape index (κ1) is 18.6. The number of carbonyl (C=O) groups excluding carboxylic acids is 2. The second kappa shape index (κ2) is 8.01. The maximum Gasteiger partial charge on any atom is 0.316 e. The predicted octanol–water partition coefficient (Wildman–Crippen LogP) is 4.10. The van der Waals surface area contributed by atoms with E-state index in [9.17, 15) is 9.59 Å². The number of amides is 3. The fraction of sp³-hybridized carbons (Fsp3) is 0.150.